The van der Waals surface area contributed by atoms with Crippen molar-refractivity contribution >= 4 is 53.0 Å². The molecule has 1 aromatic heterocycles. The molecule has 0 radical (unpaired) electrons. The predicted octanol–water partition coefficient (Wildman–Crippen LogP) is 3.52. The van der Waals surface area contributed by atoms with Gasteiger partial charge in [0.15, 0.2) is 5.96 Å². The van der Waals surface area contributed by atoms with Crippen LogP contribution >= 0.6 is 35.6 Å². The summed E-state index contributed by atoms with van der Waals surface area (Å²) in [5, 5.41) is 7.77. The van der Waals surface area contributed by atoms with E-state index in [1.165, 1.54) is 11.3 Å². The molecule has 0 aliphatic carbocycles. The molecule has 9 heteroatoms. The zero-order valence-corrected chi connectivity index (χ0v) is 21.7. The molecule has 2 unspecified atom stereocenters. The van der Waals surface area contributed by atoms with E-state index in [0.717, 1.165) is 56.0 Å². The smallest absolute Gasteiger partial charge is 0.191 e. The van der Waals surface area contributed by atoms with E-state index in [1.54, 1.807) is 0 Å². The molecule has 32 heavy (non-hydrogen) atoms. The van der Waals surface area contributed by atoms with E-state index < -0.39 is 0 Å². The number of anilines is 2. The van der Waals surface area contributed by atoms with Crippen molar-refractivity contribution < 1.29 is 4.74 Å². The van der Waals surface area contributed by atoms with Gasteiger partial charge in [-0.05, 0) is 49.2 Å². The number of guanidine groups is 1. The summed E-state index contributed by atoms with van der Waals surface area (Å²) in [7, 11) is 1.81. The lowest BCUT2D eigenvalue weighted by molar-refractivity contribution is 0.0529. The van der Waals surface area contributed by atoms with Crippen LogP contribution in [0, 0.1) is 0 Å². The number of pyridine rings is 1. The van der Waals surface area contributed by atoms with Gasteiger partial charge in [0, 0.05) is 62.7 Å². The first-order chi connectivity index (χ1) is 15.1. The molecule has 0 amide bonds. The molecule has 7 nitrogen and oxygen atoms in total. The maximum Gasteiger partial charge on any atom is 0.191 e. The number of nitrogens with one attached hydrogen (secondary N) is 2. The number of benzene rings is 1. The number of hydrogen-bond donors (Lipinski definition) is 2. The maximum atomic E-state index is 6.15. The maximum absolute atomic E-state index is 6.15. The summed E-state index contributed by atoms with van der Waals surface area (Å²) < 4.78 is 5.64. The van der Waals surface area contributed by atoms with E-state index in [-0.39, 0.29) is 30.1 Å². The molecule has 2 aliphatic heterocycles. The van der Waals surface area contributed by atoms with E-state index in [9.17, 15) is 0 Å². The van der Waals surface area contributed by atoms with E-state index in [4.69, 9.17) is 16.3 Å². The molecule has 2 aromatic rings. The van der Waals surface area contributed by atoms with Crippen molar-refractivity contribution in [2.45, 2.75) is 32.0 Å². The standard InChI is InChI=1S/C23H31ClN6O.HI/c1-17-15-30(10-11-31-17)22-12-18(6-8-26-22)14-27-23(25-2)28-20-7-9-29(16-20)21-5-3-4-19(24)13-21;/h3-6,8,12-13,17,20H,7,9-11,14-16H2,1-2H3,(H2,25,27,28);1H. The number of hydrogen-bond acceptors (Lipinski definition) is 5. The molecule has 2 atom stereocenters. The Morgan fingerprint density at radius 3 is 2.88 bits per heavy atom. The van der Waals surface area contributed by atoms with E-state index in [0.29, 0.717) is 12.6 Å². The van der Waals surface area contributed by atoms with Gasteiger partial charge < -0.3 is 25.2 Å². The van der Waals surface area contributed by atoms with Crippen LogP contribution < -0.4 is 20.4 Å². The highest BCUT2D eigenvalue weighted by molar-refractivity contribution is 14.0. The Morgan fingerprint density at radius 2 is 2.09 bits per heavy atom. The summed E-state index contributed by atoms with van der Waals surface area (Å²) in [5.74, 6) is 1.82. The Balaban J connectivity index is 0.00000289. The Morgan fingerprint density at radius 1 is 1.22 bits per heavy atom. The average Bonchev–Trinajstić information content (AvgIpc) is 3.25. The molecule has 0 saturated carbocycles. The molecular weight excluding hydrogens is 539 g/mol. The van der Waals surface area contributed by atoms with Crippen molar-refractivity contribution in [2.24, 2.45) is 4.99 Å². The fourth-order valence-corrected chi connectivity index (χ4v) is 4.31. The molecule has 4 rings (SSSR count). The highest BCUT2D eigenvalue weighted by Crippen LogP contribution is 2.23. The van der Waals surface area contributed by atoms with E-state index in [2.05, 4.69) is 49.5 Å². The van der Waals surface area contributed by atoms with Gasteiger partial charge in [-0.3, -0.25) is 4.99 Å². The molecule has 2 N–H and O–H groups in total. The molecule has 2 fully saturated rings. The minimum Gasteiger partial charge on any atom is -0.375 e. The molecule has 0 spiro atoms. The first-order valence-corrected chi connectivity index (χ1v) is 11.3. The van der Waals surface area contributed by atoms with Gasteiger partial charge in [-0.25, -0.2) is 4.98 Å². The molecular formula is C23H32ClIN6O. The van der Waals surface area contributed by atoms with Crippen LogP contribution in [0.5, 0.6) is 0 Å². The summed E-state index contributed by atoms with van der Waals surface area (Å²) in [6, 6.07) is 12.6. The molecule has 1 aromatic carbocycles. The van der Waals surface area contributed by atoms with Crippen molar-refractivity contribution in [1.82, 2.24) is 15.6 Å². The molecule has 0 bridgehead atoms. The minimum absolute atomic E-state index is 0. The Hall–Kier alpha value is -1.78. The number of aliphatic imine (C=N–C) groups is 1. The van der Waals surface area contributed by atoms with Gasteiger partial charge in [0.25, 0.3) is 0 Å². The lowest BCUT2D eigenvalue weighted by Gasteiger charge is -2.32. The third kappa shape index (κ3) is 6.62. The van der Waals surface area contributed by atoms with Crippen molar-refractivity contribution in [3.05, 3.63) is 53.2 Å². The average molecular weight is 571 g/mol. The highest BCUT2D eigenvalue weighted by Gasteiger charge is 2.23. The van der Waals surface area contributed by atoms with Gasteiger partial charge >= 0.3 is 0 Å². The fraction of sp³-hybridized carbons (Fsp3) is 0.478. The van der Waals surface area contributed by atoms with Gasteiger partial charge in [-0.1, -0.05) is 17.7 Å². The SMILES string of the molecule is CN=C(NCc1ccnc(N2CCOC(C)C2)c1)NC1CCN(c2cccc(Cl)c2)C1.I. The Bertz CT molecular complexity index is 914. The number of aromatic nitrogens is 1. The second-order valence-electron chi connectivity index (χ2n) is 8.13. The van der Waals surface area contributed by atoms with Crippen LogP contribution in [0.3, 0.4) is 0 Å². The topological polar surface area (TPSA) is 65.0 Å². The number of rotatable bonds is 5. The van der Waals surface area contributed by atoms with Crippen LogP contribution in [0.15, 0.2) is 47.6 Å². The quantitative estimate of drug-likeness (QED) is 0.326. The van der Waals surface area contributed by atoms with Gasteiger partial charge in [0.1, 0.15) is 5.82 Å². The molecule has 2 aliphatic rings. The van der Waals surface area contributed by atoms with E-state index >= 15 is 0 Å². The van der Waals surface area contributed by atoms with Crippen molar-refractivity contribution in [3.63, 3.8) is 0 Å². The Kier molecular flexibility index (Phi) is 9.24. The predicted molar refractivity (Wildman–Crippen MR) is 143 cm³/mol. The highest BCUT2D eigenvalue weighted by atomic mass is 127. The van der Waals surface area contributed by atoms with Crippen LogP contribution in [0.2, 0.25) is 5.02 Å². The number of nitrogens with zero attached hydrogens (tertiary/aromatic N) is 4. The van der Waals surface area contributed by atoms with Crippen molar-refractivity contribution in [2.75, 3.05) is 49.6 Å². The van der Waals surface area contributed by atoms with Crippen LogP contribution in [-0.2, 0) is 11.3 Å². The van der Waals surface area contributed by atoms with Crippen LogP contribution in [0.4, 0.5) is 11.5 Å². The summed E-state index contributed by atoms with van der Waals surface area (Å²) in [6.45, 7) is 7.22. The van der Waals surface area contributed by atoms with Crippen molar-refractivity contribution in [1.29, 1.82) is 0 Å². The van der Waals surface area contributed by atoms with Gasteiger partial charge in [-0.2, -0.15) is 0 Å². The van der Waals surface area contributed by atoms with Gasteiger partial charge in [-0.15, -0.1) is 24.0 Å². The largest absolute Gasteiger partial charge is 0.375 e. The van der Waals surface area contributed by atoms with Crippen molar-refractivity contribution in [3.8, 4) is 0 Å². The van der Waals surface area contributed by atoms with Gasteiger partial charge in [0.2, 0.25) is 0 Å². The second kappa shape index (κ2) is 11.9. The third-order valence-corrected chi connectivity index (χ3v) is 6.00. The lowest BCUT2D eigenvalue weighted by atomic mass is 10.2. The Labute approximate surface area is 212 Å². The minimum atomic E-state index is 0. The lowest BCUT2D eigenvalue weighted by Crippen LogP contribution is -2.44. The normalized spacial score (nSPS) is 21.3. The molecule has 2 saturated heterocycles. The van der Waals surface area contributed by atoms with Crippen LogP contribution in [0.25, 0.3) is 0 Å². The first-order valence-electron chi connectivity index (χ1n) is 10.9. The molecule has 3 heterocycles. The number of morpholine rings is 1. The number of halogens is 2. The van der Waals surface area contributed by atoms with Crippen LogP contribution in [-0.4, -0.2) is 62.9 Å². The summed E-state index contributed by atoms with van der Waals surface area (Å²) in [6.07, 6.45) is 3.17. The fourth-order valence-electron chi connectivity index (χ4n) is 4.13. The van der Waals surface area contributed by atoms with Crippen LogP contribution in [0.1, 0.15) is 18.9 Å². The second-order valence-corrected chi connectivity index (χ2v) is 8.57. The van der Waals surface area contributed by atoms with E-state index in [1.807, 2.05) is 37.5 Å². The zero-order chi connectivity index (χ0) is 21.6. The zero-order valence-electron chi connectivity index (χ0n) is 18.6. The summed E-state index contributed by atoms with van der Waals surface area (Å²) in [4.78, 5) is 13.6. The number of ether oxygens (including phenoxy) is 1. The monoisotopic (exact) mass is 570 g/mol. The summed E-state index contributed by atoms with van der Waals surface area (Å²) in [5.41, 5.74) is 2.35. The molecule has 174 valence electrons. The summed E-state index contributed by atoms with van der Waals surface area (Å²) >= 11 is 6.15. The first kappa shape index (κ1) is 24.9. The third-order valence-electron chi connectivity index (χ3n) is 5.76. The van der Waals surface area contributed by atoms with Gasteiger partial charge in [0.05, 0.1) is 12.7 Å².